The summed E-state index contributed by atoms with van der Waals surface area (Å²) in [5.41, 5.74) is 3.47. The molecule has 0 amide bonds. The average Bonchev–Trinajstić information content (AvgIpc) is 3.21. The van der Waals surface area contributed by atoms with Gasteiger partial charge >= 0.3 is 11.9 Å². The molecule has 8 heteroatoms. The number of rotatable bonds is 2. The molecular weight excluding hydrogens is 386 g/mol. The van der Waals surface area contributed by atoms with E-state index in [1.165, 1.54) is 19.4 Å². The van der Waals surface area contributed by atoms with Crippen molar-refractivity contribution in [1.29, 1.82) is 0 Å². The highest BCUT2D eigenvalue weighted by Crippen LogP contribution is 2.50. The van der Waals surface area contributed by atoms with Gasteiger partial charge in [0, 0.05) is 38.9 Å². The molecule has 3 aliphatic heterocycles. The van der Waals surface area contributed by atoms with E-state index in [9.17, 15) is 9.59 Å². The normalized spacial score (nSPS) is 29.1. The molecule has 4 atom stereocenters. The van der Waals surface area contributed by atoms with Crippen LogP contribution in [0.15, 0.2) is 23.8 Å². The summed E-state index contributed by atoms with van der Waals surface area (Å²) in [5.74, 6) is 0.579. The molecule has 1 aromatic carbocycles. The number of benzene rings is 1. The zero-order valence-corrected chi connectivity index (χ0v) is 16.5. The lowest BCUT2D eigenvalue weighted by Gasteiger charge is -2.46. The molecule has 0 bridgehead atoms. The monoisotopic (exact) mass is 407 g/mol. The maximum absolute atomic E-state index is 11.9. The van der Waals surface area contributed by atoms with Gasteiger partial charge in [0.25, 0.3) is 0 Å². The Kier molecular flexibility index (Phi) is 4.75. The highest BCUT2D eigenvalue weighted by molar-refractivity contribution is 5.85. The quantitative estimate of drug-likeness (QED) is 0.550. The average molecular weight is 408 g/mol. The van der Waals surface area contributed by atoms with Crippen LogP contribution in [0.2, 0.25) is 0 Å². The van der Waals surface area contributed by atoms with Crippen LogP contribution in [0, 0.1) is 0 Å². The Morgan fingerprint density at radius 3 is 2.54 bits per heavy atom. The third kappa shape index (κ3) is 2.93. The highest BCUT2D eigenvalue weighted by Gasteiger charge is 2.52. The van der Waals surface area contributed by atoms with Crippen LogP contribution in [0.5, 0.6) is 11.5 Å². The van der Waals surface area contributed by atoms with E-state index in [0.29, 0.717) is 5.75 Å². The van der Waals surface area contributed by atoms with Crippen molar-refractivity contribution in [2.24, 2.45) is 0 Å². The van der Waals surface area contributed by atoms with E-state index < -0.39 is 12.2 Å². The van der Waals surface area contributed by atoms with E-state index in [1.807, 2.05) is 18.2 Å². The third-order valence-corrected chi connectivity index (χ3v) is 5.83. The largest absolute Gasteiger partial charge is 0.458 e. The van der Waals surface area contributed by atoms with Crippen molar-refractivity contribution in [2.75, 3.05) is 13.3 Å². The van der Waals surface area contributed by atoms with E-state index in [2.05, 4.69) is 4.90 Å². The molecular formula is C20H22ClNO6. The number of ether oxygens (including phenoxy) is 4. The van der Waals surface area contributed by atoms with Crippen molar-refractivity contribution in [2.45, 2.75) is 51.0 Å². The van der Waals surface area contributed by atoms with Crippen LogP contribution in [0.25, 0.3) is 0 Å². The fourth-order valence-corrected chi connectivity index (χ4v) is 4.94. The van der Waals surface area contributed by atoms with Crippen molar-refractivity contribution in [1.82, 2.24) is 4.90 Å². The molecule has 0 radical (unpaired) electrons. The molecule has 1 aromatic rings. The lowest BCUT2D eigenvalue weighted by atomic mass is 9.73. The predicted octanol–water partition coefficient (Wildman–Crippen LogP) is 2.31. The molecule has 28 heavy (non-hydrogen) atoms. The van der Waals surface area contributed by atoms with E-state index in [4.69, 9.17) is 18.9 Å². The van der Waals surface area contributed by atoms with Gasteiger partial charge in [0.15, 0.2) is 23.7 Å². The van der Waals surface area contributed by atoms with Gasteiger partial charge in [-0.15, -0.1) is 12.4 Å². The number of carbonyl (C=O) groups excluding carboxylic acids is 2. The van der Waals surface area contributed by atoms with Gasteiger partial charge < -0.3 is 18.9 Å². The highest BCUT2D eigenvalue weighted by atomic mass is 35.5. The number of esters is 2. The molecule has 7 nitrogen and oxygen atoms in total. The Morgan fingerprint density at radius 1 is 1.11 bits per heavy atom. The van der Waals surface area contributed by atoms with Crippen LogP contribution in [0.4, 0.5) is 0 Å². The Hall–Kier alpha value is -2.25. The summed E-state index contributed by atoms with van der Waals surface area (Å²) in [6.45, 7) is 4.73. The van der Waals surface area contributed by atoms with Crippen LogP contribution in [-0.2, 0) is 25.6 Å². The summed E-state index contributed by atoms with van der Waals surface area (Å²) in [4.78, 5) is 25.9. The van der Waals surface area contributed by atoms with Gasteiger partial charge in [-0.2, -0.15) is 0 Å². The Balaban J connectivity index is 0.00000192. The molecule has 1 aliphatic carbocycles. The second kappa shape index (κ2) is 6.97. The van der Waals surface area contributed by atoms with Gasteiger partial charge in [0.2, 0.25) is 6.79 Å². The zero-order chi connectivity index (χ0) is 18.7. The van der Waals surface area contributed by atoms with Crippen molar-refractivity contribution < 1.29 is 28.5 Å². The smallest absolute Gasteiger partial charge is 0.303 e. The van der Waals surface area contributed by atoms with Gasteiger partial charge in [0.05, 0.1) is 0 Å². The first-order valence-electron chi connectivity index (χ1n) is 9.23. The summed E-state index contributed by atoms with van der Waals surface area (Å²) in [6, 6.07) is 4.17. The van der Waals surface area contributed by atoms with Crippen LogP contribution in [0.1, 0.15) is 37.3 Å². The fraction of sp³-hybridized carbons (Fsp3) is 0.500. The van der Waals surface area contributed by atoms with E-state index in [1.54, 1.807) is 0 Å². The summed E-state index contributed by atoms with van der Waals surface area (Å²) in [7, 11) is 0. The Morgan fingerprint density at radius 2 is 1.82 bits per heavy atom. The maximum atomic E-state index is 11.9. The van der Waals surface area contributed by atoms with Crippen molar-refractivity contribution in [3.8, 4) is 11.5 Å². The number of halogens is 1. The number of hydrogen-bond donors (Lipinski definition) is 0. The number of nitrogens with zero attached hydrogens (tertiary/aromatic N) is 1. The molecule has 5 rings (SSSR count). The minimum atomic E-state index is -0.584. The summed E-state index contributed by atoms with van der Waals surface area (Å²) in [6.07, 6.45) is 1.75. The first-order chi connectivity index (χ1) is 13.0. The predicted molar refractivity (Wildman–Crippen MR) is 101 cm³/mol. The van der Waals surface area contributed by atoms with Crippen LogP contribution < -0.4 is 9.47 Å². The lowest BCUT2D eigenvalue weighted by Crippen LogP contribution is -2.52. The topological polar surface area (TPSA) is 74.3 Å². The second-order valence-electron chi connectivity index (χ2n) is 7.49. The molecule has 1 saturated heterocycles. The number of carbonyl (C=O) groups is 2. The molecule has 0 saturated carbocycles. The van der Waals surface area contributed by atoms with Gasteiger partial charge in [-0.25, -0.2) is 0 Å². The lowest BCUT2D eigenvalue weighted by molar-refractivity contribution is -0.165. The number of hydrogen-bond acceptors (Lipinski definition) is 7. The molecule has 3 heterocycles. The Labute approximate surface area is 169 Å². The molecule has 0 unspecified atom stereocenters. The molecule has 4 aliphatic rings. The standard InChI is InChI=1S/C20H21NO6.ClH/c1-10(22)26-17-5-12-3-4-21-8-13-6-15-16(25-9-24-15)7-14(13)18(19(12)21)20(17)27-11(2)23;/h5-7,17-20H,3-4,8-9H2,1-2H3;1H/t17-,18-,19+,20+;/m0./s1. The van der Waals surface area contributed by atoms with Crippen LogP contribution in [-0.4, -0.2) is 48.4 Å². The molecule has 0 aromatic heterocycles. The minimum Gasteiger partial charge on any atom is -0.458 e. The van der Waals surface area contributed by atoms with Gasteiger partial charge in [-0.3, -0.25) is 14.5 Å². The first kappa shape index (κ1) is 19.1. The summed E-state index contributed by atoms with van der Waals surface area (Å²) >= 11 is 0. The van der Waals surface area contributed by atoms with Gasteiger partial charge in [-0.1, -0.05) is 5.57 Å². The fourth-order valence-electron chi connectivity index (χ4n) is 4.94. The third-order valence-electron chi connectivity index (χ3n) is 5.83. The molecule has 0 spiro atoms. The Bertz CT molecular complexity index is 868. The zero-order valence-electron chi connectivity index (χ0n) is 15.7. The molecule has 0 N–H and O–H groups in total. The molecule has 150 valence electrons. The van der Waals surface area contributed by atoms with Gasteiger partial charge in [0.1, 0.15) is 0 Å². The summed E-state index contributed by atoms with van der Waals surface area (Å²) < 4.78 is 22.4. The SMILES string of the molecule is CC(=O)O[C@H]1[C@H]2c3cc4c(cc3CN3CCC(=C[C@@H]1OC(C)=O)[C@H]23)OCO4.Cl. The van der Waals surface area contributed by atoms with Crippen LogP contribution in [0.3, 0.4) is 0 Å². The second-order valence-corrected chi connectivity index (χ2v) is 7.49. The number of fused-ring (bicyclic) bond motifs is 3. The van der Waals surface area contributed by atoms with Gasteiger partial charge in [-0.05, 0) is 35.8 Å². The first-order valence-corrected chi connectivity index (χ1v) is 9.23. The molecule has 1 fully saturated rings. The van der Waals surface area contributed by atoms with Crippen LogP contribution >= 0.6 is 12.4 Å². The van der Waals surface area contributed by atoms with Crippen molar-refractivity contribution >= 4 is 24.3 Å². The van der Waals surface area contributed by atoms with Crippen molar-refractivity contribution in [3.63, 3.8) is 0 Å². The van der Waals surface area contributed by atoms with E-state index in [0.717, 1.165) is 36.4 Å². The van der Waals surface area contributed by atoms with E-state index in [-0.39, 0.29) is 43.1 Å². The van der Waals surface area contributed by atoms with Crippen molar-refractivity contribution in [3.05, 3.63) is 34.9 Å². The minimum absolute atomic E-state index is 0. The van der Waals surface area contributed by atoms with E-state index >= 15 is 0 Å². The summed E-state index contributed by atoms with van der Waals surface area (Å²) in [5, 5.41) is 0. The maximum Gasteiger partial charge on any atom is 0.303 e.